The molecule has 1 aliphatic rings. The minimum absolute atomic E-state index is 0.107. The van der Waals surface area contributed by atoms with Crippen molar-refractivity contribution in [2.24, 2.45) is 5.73 Å². The van der Waals surface area contributed by atoms with Gasteiger partial charge < -0.3 is 15.2 Å². The largest absolute Gasteiger partial charge is 0.385 e. The number of methoxy groups -OCH3 is 1. The smallest absolute Gasteiger partial charge is 0.234 e. The first kappa shape index (κ1) is 13.9. The van der Waals surface area contributed by atoms with E-state index in [0.717, 1.165) is 48.3 Å². The van der Waals surface area contributed by atoms with Gasteiger partial charge in [-0.05, 0) is 19.3 Å². The standard InChI is InChI=1S/C12H19N5O2S/c1-18-5-4-9(13)11-16-17-10(14-15-12(17)20-11)8-2-6-19-7-3-8/h8-9H,2-7,13H2,1H3. The quantitative estimate of drug-likeness (QED) is 0.889. The van der Waals surface area contributed by atoms with Crippen molar-refractivity contribution in [3.8, 4) is 0 Å². The Morgan fingerprint density at radius 1 is 1.45 bits per heavy atom. The lowest BCUT2D eigenvalue weighted by atomic mass is 10.00. The molecule has 0 radical (unpaired) electrons. The van der Waals surface area contributed by atoms with Crippen molar-refractivity contribution in [1.82, 2.24) is 19.8 Å². The molecule has 0 spiro atoms. The first-order chi connectivity index (χ1) is 9.79. The van der Waals surface area contributed by atoms with Crippen LogP contribution in [-0.4, -0.2) is 46.7 Å². The van der Waals surface area contributed by atoms with Crippen LogP contribution in [0.5, 0.6) is 0 Å². The fourth-order valence-electron chi connectivity index (χ4n) is 2.38. The summed E-state index contributed by atoms with van der Waals surface area (Å²) in [5.41, 5.74) is 6.12. The molecule has 8 heteroatoms. The average molecular weight is 297 g/mol. The van der Waals surface area contributed by atoms with Gasteiger partial charge >= 0.3 is 0 Å². The monoisotopic (exact) mass is 297 g/mol. The van der Waals surface area contributed by atoms with Gasteiger partial charge in [-0.15, -0.1) is 10.2 Å². The van der Waals surface area contributed by atoms with E-state index in [9.17, 15) is 0 Å². The average Bonchev–Trinajstić information content (AvgIpc) is 3.05. The van der Waals surface area contributed by atoms with Crippen molar-refractivity contribution in [3.63, 3.8) is 0 Å². The minimum atomic E-state index is -0.107. The maximum absolute atomic E-state index is 6.12. The predicted molar refractivity (Wildman–Crippen MR) is 74.9 cm³/mol. The van der Waals surface area contributed by atoms with E-state index in [1.807, 2.05) is 4.52 Å². The second-order valence-corrected chi connectivity index (χ2v) is 5.96. The molecule has 1 unspecified atom stereocenters. The van der Waals surface area contributed by atoms with Gasteiger partial charge in [-0.1, -0.05) is 11.3 Å². The number of nitrogens with zero attached hydrogens (tertiary/aromatic N) is 4. The molecule has 2 aromatic rings. The van der Waals surface area contributed by atoms with E-state index < -0.39 is 0 Å². The lowest BCUT2D eigenvalue weighted by Crippen LogP contribution is -2.17. The van der Waals surface area contributed by atoms with Crippen molar-refractivity contribution in [2.45, 2.75) is 31.2 Å². The van der Waals surface area contributed by atoms with Crippen molar-refractivity contribution in [3.05, 3.63) is 10.8 Å². The molecule has 2 aromatic heterocycles. The second kappa shape index (κ2) is 6.13. The molecule has 0 aliphatic carbocycles. The predicted octanol–water partition coefficient (Wildman–Crippen LogP) is 1.12. The van der Waals surface area contributed by atoms with E-state index in [0.29, 0.717) is 12.5 Å². The van der Waals surface area contributed by atoms with Crippen LogP contribution in [0.4, 0.5) is 0 Å². The molecule has 20 heavy (non-hydrogen) atoms. The Labute approximate surface area is 121 Å². The zero-order valence-corrected chi connectivity index (χ0v) is 12.3. The van der Waals surface area contributed by atoms with E-state index in [1.165, 1.54) is 11.3 Å². The molecule has 3 rings (SSSR count). The number of aromatic nitrogens is 4. The van der Waals surface area contributed by atoms with Gasteiger partial charge in [-0.2, -0.15) is 9.61 Å². The highest BCUT2D eigenvalue weighted by Gasteiger charge is 2.24. The fourth-order valence-corrected chi connectivity index (χ4v) is 3.26. The molecule has 1 saturated heterocycles. The topological polar surface area (TPSA) is 87.6 Å². The Hall–Kier alpha value is -1.09. The number of hydrogen-bond acceptors (Lipinski definition) is 7. The van der Waals surface area contributed by atoms with Gasteiger partial charge in [0.1, 0.15) is 5.01 Å². The molecule has 110 valence electrons. The van der Waals surface area contributed by atoms with Gasteiger partial charge in [0.2, 0.25) is 4.96 Å². The maximum Gasteiger partial charge on any atom is 0.234 e. The summed E-state index contributed by atoms with van der Waals surface area (Å²) >= 11 is 1.51. The number of ether oxygens (including phenoxy) is 2. The highest BCUT2D eigenvalue weighted by Crippen LogP contribution is 2.28. The molecule has 2 N–H and O–H groups in total. The van der Waals surface area contributed by atoms with E-state index in [1.54, 1.807) is 7.11 Å². The van der Waals surface area contributed by atoms with E-state index >= 15 is 0 Å². The van der Waals surface area contributed by atoms with Crippen LogP contribution in [0.1, 0.15) is 42.1 Å². The van der Waals surface area contributed by atoms with Gasteiger partial charge in [0.25, 0.3) is 0 Å². The van der Waals surface area contributed by atoms with Gasteiger partial charge in [-0.25, -0.2) is 0 Å². The highest BCUT2D eigenvalue weighted by molar-refractivity contribution is 7.16. The van der Waals surface area contributed by atoms with Crippen LogP contribution in [0.2, 0.25) is 0 Å². The molecule has 1 fully saturated rings. The Morgan fingerprint density at radius 2 is 2.25 bits per heavy atom. The fraction of sp³-hybridized carbons (Fsp3) is 0.750. The zero-order chi connectivity index (χ0) is 13.9. The summed E-state index contributed by atoms with van der Waals surface area (Å²) in [6, 6.07) is -0.107. The summed E-state index contributed by atoms with van der Waals surface area (Å²) in [6.45, 7) is 2.20. The molecule has 0 amide bonds. The summed E-state index contributed by atoms with van der Waals surface area (Å²) in [6.07, 6.45) is 2.71. The van der Waals surface area contributed by atoms with E-state index in [4.69, 9.17) is 15.2 Å². The number of rotatable bonds is 5. The Bertz CT molecular complexity index is 563. The number of fused-ring (bicyclic) bond motifs is 1. The lowest BCUT2D eigenvalue weighted by Gasteiger charge is -2.19. The Kier molecular flexibility index (Phi) is 4.25. The van der Waals surface area contributed by atoms with Crippen LogP contribution >= 0.6 is 11.3 Å². The Morgan fingerprint density at radius 3 is 3.00 bits per heavy atom. The SMILES string of the molecule is COCCC(N)c1nn2c(C3CCOCC3)nnc2s1. The Balaban J connectivity index is 1.82. The van der Waals surface area contributed by atoms with E-state index in [2.05, 4.69) is 15.3 Å². The van der Waals surface area contributed by atoms with Crippen LogP contribution in [0, 0.1) is 0 Å². The van der Waals surface area contributed by atoms with Gasteiger partial charge in [0.05, 0.1) is 6.04 Å². The third-order valence-electron chi connectivity index (χ3n) is 3.57. The molecule has 1 atom stereocenters. The van der Waals surface area contributed by atoms with Crippen LogP contribution in [0.3, 0.4) is 0 Å². The molecule has 1 aliphatic heterocycles. The van der Waals surface area contributed by atoms with Crippen LogP contribution in [0.25, 0.3) is 4.96 Å². The first-order valence-electron chi connectivity index (χ1n) is 6.84. The van der Waals surface area contributed by atoms with Gasteiger partial charge in [-0.3, -0.25) is 0 Å². The molecule has 7 nitrogen and oxygen atoms in total. The number of nitrogens with two attached hydrogens (primary N) is 1. The van der Waals surface area contributed by atoms with Crippen molar-refractivity contribution >= 4 is 16.3 Å². The van der Waals surface area contributed by atoms with Crippen LogP contribution < -0.4 is 5.73 Å². The molecule has 0 bridgehead atoms. The first-order valence-corrected chi connectivity index (χ1v) is 7.65. The summed E-state index contributed by atoms with van der Waals surface area (Å²) in [5.74, 6) is 1.31. The second-order valence-electron chi connectivity index (χ2n) is 4.97. The molecular formula is C12H19N5O2S. The minimum Gasteiger partial charge on any atom is -0.385 e. The summed E-state index contributed by atoms with van der Waals surface area (Å²) in [5, 5.41) is 14.0. The zero-order valence-electron chi connectivity index (χ0n) is 11.5. The summed E-state index contributed by atoms with van der Waals surface area (Å²) in [7, 11) is 1.68. The van der Waals surface area contributed by atoms with Crippen molar-refractivity contribution < 1.29 is 9.47 Å². The lowest BCUT2D eigenvalue weighted by molar-refractivity contribution is 0.0831. The van der Waals surface area contributed by atoms with Crippen LogP contribution in [0.15, 0.2) is 0 Å². The van der Waals surface area contributed by atoms with Gasteiger partial charge in [0.15, 0.2) is 5.82 Å². The van der Waals surface area contributed by atoms with E-state index in [-0.39, 0.29) is 6.04 Å². The summed E-state index contributed by atoms with van der Waals surface area (Å²) < 4.78 is 12.3. The van der Waals surface area contributed by atoms with Crippen molar-refractivity contribution in [2.75, 3.05) is 26.9 Å². The number of hydrogen-bond donors (Lipinski definition) is 1. The normalized spacial score (nSPS) is 18.7. The summed E-state index contributed by atoms with van der Waals surface area (Å²) in [4.78, 5) is 0.814. The molecule has 0 aromatic carbocycles. The van der Waals surface area contributed by atoms with Crippen molar-refractivity contribution in [1.29, 1.82) is 0 Å². The highest BCUT2D eigenvalue weighted by atomic mass is 32.1. The third kappa shape index (κ3) is 2.69. The van der Waals surface area contributed by atoms with Crippen LogP contribution in [-0.2, 0) is 9.47 Å². The molecule has 3 heterocycles. The third-order valence-corrected chi connectivity index (χ3v) is 4.60. The molecular weight excluding hydrogens is 278 g/mol. The maximum atomic E-state index is 6.12. The molecule has 0 saturated carbocycles. The van der Waals surface area contributed by atoms with Gasteiger partial charge in [0, 0.05) is 32.8 Å².